The number of ketones is 1. The Morgan fingerprint density at radius 2 is 2.06 bits per heavy atom. The molecule has 1 saturated heterocycles. The third kappa shape index (κ3) is 4.66. The van der Waals surface area contributed by atoms with Crippen LogP contribution in [0.5, 0.6) is 0 Å². The second kappa shape index (κ2) is 6.12. The van der Waals surface area contributed by atoms with E-state index in [2.05, 4.69) is 5.32 Å². The molecule has 1 rings (SSSR count). The minimum atomic E-state index is -3.21. The highest BCUT2D eigenvalue weighted by Crippen LogP contribution is 2.17. The molecule has 1 fully saturated rings. The van der Waals surface area contributed by atoms with Crippen LogP contribution >= 0.6 is 0 Å². The van der Waals surface area contributed by atoms with Crippen LogP contribution in [-0.2, 0) is 19.4 Å². The lowest BCUT2D eigenvalue weighted by atomic mass is 10.1. The van der Waals surface area contributed by atoms with Gasteiger partial charge in [-0.2, -0.15) is 0 Å². The number of Topliss-reactive ketones (excluding diaryl/α,β-unsaturated/α-hetero) is 1. The van der Waals surface area contributed by atoms with Gasteiger partial charge in [0.15, 0.2) is 9.84 Å². The normalized spacial score (nSPS) is 21.8. The first-order chi connectivity index (χ1) is 8.22. The summed E-state index contributed by atoms with van der Waals surface area (Å²) in [7, 11) is -3.21. The van der Waals surface area contributed by atoms with Gasteiger partial charge in [-0.3, -0.25) is 4.79 Å². The van der Waals surface area contributed by atoms with Crippen LogP contribution in [0.25, 0.3) is 0 Å². The minimum Gasteiger partial charge on any atom is -0.375 e. The van der Waals surface area contributed by atoms with Gasteiger partial charge in [0.2, 0.25) is 0 Å². The van der Waals surface area contributed by atoms with Crippen molar-refractivity contribution in [1.82, 2.24) is 5.32 Å². The largest absolute Gasteiger partial charge is 0.375 e. The number of carbonyl (C=O) groups excluding carboxylic acids is 1. The molecular formula is C12H23NO4S. The third-order valence-electron chi connectivity index (χ3n) is 3.04. The van der Waals surface area contributed by atoms with E-state index in [1.54, 1.807) is 20.8 Å². The monoisotopic (exact) mass is 277 g/mol. The SMILES string of the molecule is CC(C)(C)S(=O)(=O)CCC(=O)CC1CNCCO1. The molecule has 1 heterocycles. The highest BCUT2D eigenvalue weighted by molar-refractivity contribution is 7.92. The zero-order valence-corrected chi connectivity index (χ0v) is 12.2. The summed E-state index contributed by atoms with van der Waals surface area (Å²) < 4.78 is 28.3. The van der Waals surface area contributed by atoms with Crippen LogP contribution in [0.3, 0.4) is 0 Å². The summed E-state index contributed by atoms with van der Waals surface area (Å²) in [6.07, 6.45) is 0.273. The molecule has 0 amide bonds. The van der Waals surface area contributed by atoms with Crippen molar-refractivity contribution in [3.05, 3.63) is 0 Å². The molecule has 1 aliphatic rings. The standard InChI is InChI=1S/C12H23NO4S/c1-12(2,3)18(15,16)7-4-10(14)8-11-9-13-5-6-17-11/h11,13H,4-9H2,1-3H3. The van der Waals surface area contributed by atoms with Crippen molar-refractivity contribution < 1.29 is 17.9 Å². The molecular weight excluding hydrogens is 254 g/mol. The van der Waals surface area contributed by atoms with Gasteiger partial charge in [0.25, 0.3) is 0 Å². The summed E-state index contributed by atoms with van der Waals surface area (Å²) in [6, 6.07) is 0. The fourth-order valence-corrected chi connectivity index (χ4v) is 2.77. The summed E-state index contributed by atoms with van der Waals surface area (Å²) in [5, 5.41) is 3.14. The molecule has 18 heavy (non-hydrogen) atoms. The zero-order chi connectivity index (χ0) is 13.8. The van der Waals surface area contributed by atoms with Gasteiger partial charge in [-0.1, -0.05) is 0 Å². The summed E-state index contributed by atoms with van der Waals surface area (Å²) >= 11 is 0. The van der Waals surface area contributed by atoms with Gasteiger partial charge in [0.1, 0.15) is 5.78 Å². The molecule has 6 heteroatoms. The Kier molecular flexibility index (Phi) is 5.31. The Morgan fingerprint density at radius 1 is 1.39 bits per heavy atom. The van der Waals surface area contributed by atoms with Crippen LogP contribution in [0.4, 0.5) is 0 Å². The smallest absolute Gasteiger partial charge is 0.155 e. The van der Waals surface area contributed by atoms with Crippen molar-refractivity contribution in [3.8, 4) is 0 Å². The van der Waals surface area contributed by atoms with Crippen LogP contribution in [0.15, 0.2) is 0 Å². The highest BCUT2D eigenvalue weighted by Gasteiger charge is 2.29. The van der Waals surface area contributed by atoms with Gasteiger partial charge in [0.05, 0.1) is 23.2 Å². The number of carbonyl (C=O) groups is 1. The molecule has 0 bridgehead atoms. The molecule has 0 aromatic heterocycles. The Balaban J connectivity index is 2.37. The maximum absolute atomic E-state index is 11.9. The number of nitrogens with one attached hydrogen (secondary N) is 1. The molecule has 0 aromatic carbocycles. The fraction of sp³-hybridized carbons (Fsp3) is 0.917. The van der Waals surface area contributed by atoms with Crippen LogP contribution in [-0.4, -0.2) is 50.5 Å². The molecule has 0 radical (unpaired) electrons. The molecule has 1 atom stereocenters. The van der Waals surface area contributed by atoms with Crippen LogP contribution in [0.1, 0.15) is 33.6 Å². The number of ether oxygens (including phenoxy) is 1. The molecule has 1 unspecified atom stereocenters. The highest BCUT2D eigenvalue weighted by atomic mass is 32.2. The molecule has 5 nitrogen and oxygen atoms in total. The van der Waals surface area contributed by atoms with Crippen molar-refractivity contribution in [3.63, 3.8) is 0 Å². The second-order valence-electron chi connectivity index (χ2n) is 5.62. The number of hydrogen-bond donors (Lipinski definition) is 1. The second-order valence-corrected chi connectivity index (χ2v) is 8.48. The van der Waals surface area contributed by atoms with E-state index in [1.165, 1.54) is 0 Å². The van der Waals surface area contributed by atoms with E-state index in [1.807, 2.05) is 0 Å². The zero-order valence-electron chi connectivity index (χ0n) is 11.4. The molecule has 106 valence electrons. The Labute approximate surface area is 109 Å². The van der Waals surface area contributed by atoms with Crippen LogP contribution < -0.4 is 5.32 Å². The van der Waals surface area contributed by atoms with Crippen molar-refractivity contribution in [2.24, 2.45) is 0 Å². The lowest BCUT2D eigenvalue weighted by molar-refractivity contribution is -0.122. The molecule has 0 spiro atoms. The van der Waals surface area contributed by atoms with E-state index < -0.39 is 14.6 Å². The lowest BCUT2D eigenvalue weighted by Gasteiger charge is -2.23. The van der Waals surface area contributed by atoms with Crippen LogP contribution in [0.2, 0.25) is 0 Å². The van der Waals surface area contributed by atoms with E-state index in [9.17, 15) is 13.2 Å². The van der Waals surface area contributed by atoms with E-state index in [0.717, 1.165) is 6.54 Å². The van der Waals surface area contributed by atoms with Gasteiger partial charge in [-0.25, -0.2) is 8.42 Å². The topological polar surface area (TPSA) is 72.5 Å². The first-order valence-electron chi connectivity index (χ1n) is 6.29. The van der Waals surface area contributed by atoms with Gasteiger partial charge in [0, 0.05) is 25.9 Å². The Bertz CT molecular complexity index is 377. The van der Waals surface area contributed by atoms with E-state index in [-0.39, 0.29) is 24.1 Å². The first kappa shape index (κ1) is 15.6. The summed E-state index contributed by atoms with van der Waals surface area (Å²) in [6.45, 7) is 7.04. The maximum Gasteiger partial charge on any atom is 0.155 e. The minimum absolute atomic E-state index is 0.0449. The Hall–Kier alpha value is -0.460. The number of rotatable bonds is 5. The maximum atomic E-state index is 11.9. The van der Waals surface area contributed by atoms with Crippen molar-refractivity contribution in [2.45, 2.75) is 44.5 Å². The quantitative estimate of drug-likeness (QED) is 0.794. The average molecular weight is 277 g/mol. The van der Waals surface area contributed by atoms with E-state index in [0.29, 0.717) is 19.6 Å². The molecule has 0 aliphatic carbocycles. The molecule has 1 N–H and O–H groups in total. The predicted octanol–water partition coefficient (Wildman–Crippen LogP) is 0.537. The summed E-state index contributed by atoms with van der Waals surface area (Å²) in [4.78, 5) is 11.7. The predicted molar refractivity (Wildman–Crippen MR) is 70.4 cm³/mol. The van der Waals surface area contributed by atoms with Crippen LogP contribution in [0, 0.1) is 0 Å². The average Bonchev–Trinajstić information content (AvgIpc) is 2.26. The first-order valence-corrected chi connectivity index (χ1v) is 7.94. The van der Waals surface area contributed by atoms with Crippen molar-refractivity contribution in [1.29, 1.82) is 0 Å². The van der Waals surface area contributed by atoms with Gasteiger partial charge in [-0.05, 0) is 20.8 Å². The van der Waals surface area contributed by atoms with Crippen molar-refractivity contribution >= 4 is 15.6 Å². The fourth-order valence-electron chi connectivity index (χ4n) is 1.66. The lowest BCUT2D eigenvalue weighted by Crippen LogP contribution is -2.40. The van der Waals surface area contributed by atoms with Gasteiger partial charge in [-0.15, -0.1) is 0 Å². The van der Waals surface area contributed by atoms with Gasteiger partial charge < -0.3 is 10.1 Å². The molecule has 0 saturated carbocycles. The van der Waals surface area contributed by atoms with Crippen molar-refractivity contribution in [2.75, 3.05) is 25.4 Å². The molecule has 1 aliphatic heterocycles. The number of morpholine rings is 1. The summed E-state index contributed by atoms with van der Waals surface area (Å²) in [5.74, 6) is -0.119. The number of hydrogen-bond acceptors (Lipinski definition) is 5. The molecule has 0 aromatic rings. The number of sulfone groups is 1. The third-order valence-corrected chi connectivity index (χ3v) is 5.65. The summed E-state index contributed by atoms with van der Waals surface area (Å²) in [5.41, 5.74) is 0. The Morgan fingerprint density at radius 3 is 2.56 bits per heavy atom. The van der Waals surface area contributed by atoms with Gasteiger partial charge >= 0.3 is 0 Å². The van der Waals surface area contributed by atoms with E-state index >= 15 is 0 Å². The van der Waals surface area contributed by atoms with E-state index in [4.69, 9.17) is 4.74 Å².